The number of aryl methyl sites for hydroxylation is 1. The number of aromatic nitrogens is 4. The third-order valence-corrected chi connectivity index (χ3v) is 2.57. The molecular formula is C12H17N5O. The zero-order chi connectivity index (χ0) is 13.0. The van der Waals surface area contributed by atoms with Crippen LogP contribution in [0.5, 0.6) is 0 Å². The zero-order valence-corrected chi connectivity index (χ0v) is 10.8. The van der Waals surface area contributed by atoms with E-state index in [-0.39, 0.29) is 0 Å². The van der Waals surface area contributed by atoms with Gasteiger partial charge in [0.15, 0.2) is 5.82 Å². The SMILES string of the molecule is CCc1nccn1-c1cc(NC)nc(COC)n1. The van der Waals surface area contributed by atoms with E-state index in [1.807, 2.05) is 23.9 Å². The van der Waals surface area contributed by atoms with E-state index < -0.39 is 0 Å². The number of nitrogens with zero attached hydrogens (tertiary/aromatic N) is 4. The lowest BCUT2D eigenvalue weighted by molar-refractivity contribution is 0.178. The summed E-state index contributed by atoms with van der Waals surface area (Å²) in [7, 11) is 3.46. The molecule has 1 N–H and O–H groups in total. The van der Waals surface area contributed by atoms with Gasteiger partial charge < -0.3 is 10.1 Å². The van der Waals surface area contributed by atoms with E-state index in [1.165, 1.54) is 0 Å². The zero-order valence-electron chi connectivity index (χ0n) is 10.8. The Morgan fingerprint density at radius 2 is 2.22 bits per heavy atom. The fourth-order valence-electron chi connectivity index (χ4n) is 1.73. The van der Waals surface area contributed by atoms with Crippen LogP contribution in [-0.4, -0.2) is 33.7 Å². The largest absolute Gasteiger partial charge is 0.377 e. The molecule has 0 atom stereocenters. The average molecular weight is 247 g/mol. The summed E-state index contributed by atoms with van der Waals surface area (Å²) in [6.07, 6.45) is 4.53. The Morgan fingerprint density at radius 1 is 1.39 bits per heavy atom. The molecule has 0 bridgehead atoms. The molecule has 2 heterocycles. The van der Waals surface area contributed by atoms with Crippen molar-refractivity contribution in [3.8, 4) is 5.82 Å². The molecule has 18 heavy (non-hydrogen) atoms. The van der Waals surface area contributed by atoms with Crippen LogP contribution in [-0.2, 0) is 17.8 Å². The summed E-state index contributed by atoms with van der Waals surface area (Å²) < 4.78 is 7.04. The van der Waals surface area contributed by atoms with E-state index >= 15 is 0 Å². The van der Waals surface area contributed by atoms with Crippen molar-refractivity contribution in [2.75, 3.05) is 19.5 Å². The van der Waals surface area contributed by atoms with Gasteiger partial charge in [-0.3, -0.25) is 4.57 Å². The molecule has 0 spiro atoms. The summed E-state index contributed by atoms with van der Waals surface area (Å²) >= 11 is 0. The van der Waals surface area contributed by atoms with Crippen molar-refractivity contribution in [2.24, 2.45) is 0 Å². The molecule has 2 aromatic rings. The highest BCUT2D eigenvalue weighted by atomic mass is 16.5. The number of ether oxygens (including phenoxy) is 1. The normalized spacial score (nSPS) is 10.6. The van der Waals surface area contributed by atoms with Gasteiger partial charge in [-0.1, -0.05) is 6.92 Å². The molecule has 0 amide bonds. The van der Waals surface area contributed by atoms with Gasteiger partial charge in [-0.05, 0) is 0 Å². The quantitative estimate of drug-likeness (QED) is 0.865. The summed E-state index contributed by atoms with van der Waals surface area (Å²) in [5.41, 5.74) is 0. The molecule has 6 nitrogen and oxygen atoms in total. The first kappa shape index (κ1) is 12.5. The topological polar surface area (TPSA) is 64.9 Å². The lowest BCUT2D eigenvalue weighted by atomic mass is 10.4. The van der Waals surface area contributed by atoms with Gasteiger partial charge in [0, 0.05) is 39.0 Å². The van der Waals surface area contributed by atoms with Crippen LogP contribution >= 0.6 is 0 Å². The molecular weight excluding hydrogens is 230 g/mol. The monoisotopic (exact) mass is 247 g/mol. The van der Waals surface area contributed by atoms with E-state index in [4.69, 9.17) is 4.74 Å². The molecule has 0 saturated heterocycles. The molecule has 96 valence electrons. The van der Waals surface area contributed by atoms with Crippen LogP contribution in [0.25, 0.3) is 5.82 Å². The number of imidazole rings is 1. The number of anilines is 1. The number of nitrogens with one attached hydrogen (secondary N) is 1. The second kappa shape index (κ2) is 5.59. The number of methoxy groups -OCH3 is 1. The molecule has 0 aromatic carbocycles. The Kier molecular flexibility index (Phi) is 3.88. The molecule has 0 fully saturated rings. The standard InChI is InChI=1S/C12H17N5O/c1-4-11-14-5-6-17(11)12-7-9(13-2)15-10(16-12)8-18-3/h5-7H,4,8H2,1-3H3,(H,13,15,16). The maximum absolute atomic E-state index is 5.08. The summed E-state index contributed by atoms with van der Waals surface area (Å²) in [6, 6.07) is 1.89. The van der Waals surface area contributed by atoms with E-state index in [1.54, 1.807) is 13.3 Å². The molecule has 0 aliphatic heterocycles. The summed E-state index contributed by atoms with van der Waals surface area (Å²) in [5, 5.41) is 3.03. The minimum absolute atomic E-state index is 0.388. The fourth-order valence-corrected chi connectivity index (χ4v) is 1.73. The van der Waals surface area contributed by atoms with Gasteiger partial charge in [-0.2, -0.15) is 0 Å². The summed E-state index contributed by atoms with van der Waals surface area (Å²) in [6.45, 7) is 2.45. The molecule has 2 rings (SSSR count). The maximum Gasteiger partial charge on any atom is 0.158 e. The highest BCUT2D eigenvalue weighted by molar-refractivity contribution is 5.41. The van der Waals surface area contributed by atoms with Crippen LogP contribution in [0, 0.1) is 0 Å². The van der Waals surface area contributed by atoms with Crippen molar-refractivity contribution >= 4 is 5.82 Å². The number of rotatable bonds is 5. The molecule has 2 aromatic heterocycles. The van der Waals surface area contributed by atoms with Crippen LogP contribution < -0.4 is 5.32 Å². The third-order valence-electron chi connectivity index (χ3n) is 2.57. The van der Waals surface area contributed by atoms with Gasteiger partial charge in [0.1, 0.15) is 24.1 Å². The van der Waals surface area contributed by atoms with Crippen molar-refractivity contribution in [1.82, 2.24) is 19.5 Å². The average Bonchev–Trinajstić information content (AvgIpc) is 2.87. The second-order valence-electron chi connectivity index (χ2n) is 3.78. The Bertz CT molecular complexity index is 523. The molecule has 6 heteroatoms. The second-order valence-corrected chi connectivity index (χ2v) is 3.78. The Morgan fingerprint density at radius 3 is 2.89 bits per heavy atom. The molecule has 0 radical (unpaired) electrons. The van der Waals surface area contributed by atoms with E-state index in [2.05, 4.69) is 27.2 Å². The van der Waals surface area contributed by atoms with Crippen LogP contribution in [0.2, 0.25) is 0 Å². The summed E-state index contributed by atoms with van der Waals surface area (Å²) in [5.74, 6) is 3.19. The molecule has 0 saturated carbocycles. The van der Waals surface area contributed by atoms with Gasteiger partial charge in [-0.25, -0.2) is 15.0 Å². The van der Waals surface area contributed by atoms with Crippen LogP contribution in [0.3, 0.4) is 0 Å². The first-order valence-corrected chi connectivity index (χ1v) is 5.85. The lowest BCUT2D eigenvalue weighted by Gasteiger charge is -2.09. The number of hydrogen-bond donors (Lipinski definition) is 1. The van der Waals surface area contributed by atoms with E-state index in [9.17, 15) is 0 Å². The molecule has 0 aliphatic rings. The van der Waals surface area contributed by atoms with E-state index in [0.29, 0.717) is 12.4 Å². The summed E-state index contributed by atoms with van der Waals surface area (Å²) in [4.78, 5) is 13.1. The predicted octanol–water partition coefficient (Wildman–Crippen LogP) is 1.41. The van der Waals surface area contributed by atoms with Crippen molar-refractivity contribution in [3.63, 3.8) is 0 Å². The smallest absolute Gasteiger partial charge is 0.158 e. The maximum atomic E-state index is 5.08. The van der Waals surface area contributed by atoms with Crippen molar-refractivity contribution in [3.05, 3.63) is 30.1 Å². The van der Waals surface area contributed by atoms with Crippen LogP contribution in [0.15, 0.2) is 18.5 Å². The Labute approximate surface area is 106 Å². The Hall–Kier alpha value is -1.95. The van der Waals surface area contributed by atoms with Crippen molar-refractivity contribution in [2.45, 2.75) is 20.0 Å². The fraction of sp³-hybridized carbons (Fsp3) is 0.417. The van der Waals surface area contributed by atoms with Crippen molar-refractivity contribution < 1.29 is 4.74 Å². The minimum Gasteiger partial charge on any atom is -0.377 e. The Balaban J connectivity index is 2.46. The van der Waals surface area contributed by atoms with Gasteiger partial charge >= 0.3 is 0 Å². The first-order chi connectivity index (χ1) is 8.78. The predicted molar refractivity (Wildman–Crippen MR) is 68.8 cm³/mol. The van der Waals surface area contributed by atoms with Gasteiger partial charge in [-0.15, -0.1) is 0 Å². The highest BCUT2D eigenvalue weighted by Gasteiger charge is 2.08. The highest BCUT2D eigenvalue weighted by Crippen LogP contribution is 2.13. The molecule has 0 aliphatic carbocycles. The number of hydrogen-bond acceptors (Lipinski definition) is 5. The van der Waals surface area contributed by atoms with Crippen molar-refractivity contribution in [1.29, 1.82) is 0 Å². The van der Waals surface area contributed by atoms with Gasteiger partial charge in [0.25, 0.3) is 0 Å². The third kappa shape index (κ3) is 2.48. The van der Waals surface area contributed by atoms with E-state index in [0.717, 1.165) is 23.9 Å². The van der Waals surface area contributed by atoms with Gasteiger partial charge in [0.05, 0.1) is 0 Å². The first-order valence-electron chi connectivity index (χ1n) is 5.85. The minimum atomic E-state index is 0.388. The van der Waals surface area contributed by atoms with Crippen LogP contribution in [0.4, 0.5) is 5.82 Å². The van der Waals surface area contributed by atoms with Crippen LogP contribution in [0.1, 0.15) is 18.6 Å². The lowest BCUT2D eigenvalue weighted by Crippen LogP contribution is -2.08. The molecule has 0 unspecified atom stereocenters. The van der Waals surface area contributed by atoms with Gasteiger partial charge in [0.2, 0.25) is 0 Å².